The highest BCUT2D eigenvalue weighted by atomic mass is 16.4. The second kappa shape index (κ2) is 8.37. The van der Waals surface area contributed by atoms with Gasteiger partial charge in [-0.1, -0.05) is 34.6 Å². The Kier molecular flexibility index (Phi) is 6.37. The van der Waals surface area contributed by atoms with Crippen molar-refractivity contribution in [2.45, 2.75) is 59.5 Å². The summed E-state index contributed by atoms with van der Waals surface area (Å²) in [5.74, 6) is -2.28. The molecular formula is C19H26N4O5. The van der Waals surface area contributed by atoms with E-state index in [4.69, 9.17) is 0 Å². The van der Waals surface area contributed by atoms with Gasteiger partial charge < -0.3 is 10.4 Å². The second-order valence-electron chi connectivity index (χ2n) is 7.39. The molecule has 0 radical (unpaired) electrons. The van der Waals surface area contributed by atoms with Crippen molar-refractivity contribution in [1.82, 2.24) is 19.9 Å². The minimum atomic E-state index is -1.16. The fraction of sp³-hybridized carbons (Fsp3) is 0.526. The molecule has 9 nitrogen and oxygen atoms in total. The zero-order chi connectivity index (χ0) is 21.2. The summed E-state index contributed by atoms with van der Waals surface area (Å²) in [6.45, 7) is 9.30. The molecular weight excluding hydrogens is 364 g/mol. The van der Waals surface area contributed by atoms with Crippen molar-refractivity contribution in [2.75, 3.05) is 0 Å². The van der Waals surface area contributed by atoms with Crippen LogP contribution in [-0.4, -0.2) is 37.6 Å². The molecule has 152 valence electrons. The van der Waals surface area contributed by atoms with Crippen molar-refractivity contribution in [3.05, 3.63) is 38.2 Å². The van der Waals surface area contributed by atoms with E-state index in [-0.39, 0.29) is 28.4 Å². The number of fused-ring (bicyclic) bond motifs is 1. The van der Waals surface area contributed by atoms with Crippen LogP contribution < -0.4 is 16.6 Å². The molecule has 0 aliphatic carbocycles. The first-order valence-electron chi connectivity index (χ1n) is 9.29. The molecule has 28 heavy (non-hydrogen) atoms. The number of rotatable bonds is 7. The number of aromatic amines is 1. The number of carboxylic acids is 1. The van der Waals surface area contributed by atoms with Gasteiger partial charge in [0.1, 0.15) is 6.04 Å². The minimum absolute atomic E-state index is 0.00621. The van der Waals surface area contributed by atoms with Crippen LogP contribution in [0.15, 0.2) is 15.7 Å². The zero-order valence-electron chi connectivity index (χ0n) is 16.7. The molecule has 9 heteroatoms. The first-order valence-corrected chi connectivity index (χ1v) is 9.29. The van der Waals surface area contributed by atoms with Gasteiger partial charge in [0.15, 0.2) is 5.65 Å². The van der Waals surface area contributed by atoms with Crippen LogP contribution in [0.3, 0.4) is 0 Å². The summed E-state index contributed by atoms with van der Waals surface area (Å²) in [7, 11) is 0. The molecule has 1 atom stereocenters. The smallest absolute Gasteiger partial charge is 0.329 e. The fourth-order valence-corrected chi connectivity index (χ4v) is 2.93. The van der Waals surface area contributed by atoms with E-state index in [2.05, 4.69) is 15.3 Å². The topological polar surface area (TPSA) is 134 Å². The summed E-state index contributed by atoms with van der Waals surface area (Å²) in [6, 6.07) is 0.372. The number of aromatic nitrogens is 3. The number of nitrogens with zero attached hydrogens (tertiary/aromatic N) is 2. The molecule has 0 saturated heterocycles. The van der Waals surface area contributed by atoms with E-state index in [1.54, 1.807) is 13.8 Å². The highest BCUT2D eigenvalue weighted by Gasteiger charge is 2.27. The number of hydrogen-bond acceptors (Lipinski definition) is 5. The lowest BCUT2D eigenvalue weighted by Gasteiger charge is -2.19. The van der Waals surface area contributed by atoms with Gasteiger partial charge in [-0.3, -0.25) is 19.1 Å². The molecule has 2 rings (SSSR count). The summed E-state index contributed by atoms with van der Waals surface area (Å²) >= 11 is 0. The van der Waals surface area contributed by atoms with E-state index in [0.717, 1.165) is 0 Å². The van der Waals surface area contributed by atoms with Crippen molar-refractivity contribution in [3.8, 4) is 0 Å². The van der Waals surface area contributed by atoms with Crippen LogP contribution in [0.4, 0.5) is 0 Å². The number of H-pyrrole nitrogens is 1. The number of carbonyl (C=O) groups is 2. The lowest BCUT2D eigenvalue weighted by atomic mass is 10.0. The average Bonchev–Trinajstić information content (AvgIpc) is 2.61. The predicted molar refractivity (Wildman–Crippen MR) is 105 cm³/mol. The quantitative estimate of drug-likeness (QED) is 0.655. The number of amides is 1. The third-order valence-electron chi connectivity index (χ3n) is 4.47. The summed E-state index contributed by atoms with van der Waals surface area (Å²) in [6.07, 6.45) is 0.630. The number of hydrogen-bond donors (Lipinski definition) is 3. The fourth-order valence-electron chi connectivity index (χ4n) is 2.93. The Morgan fingerprint density at radius 2 is 1.89 bits per heavy atom. The third-order valence-corrected chi connectivity index (χ3v) is 4.47. The van der Waals surface area contributed by atoms with E-state index in [1.807, 2.05) is 20.8 Å². The maximum Gasteiger partial charge on any atom is 0.329 e. The van der Waals surface area contributed by atoms with Crippen LogP contribution in [0.25, 0.3) is 11.0 Å². The predicted octanol–water partition coefficient (Wildman–Crippen LogP) is 1.46. The first-order chi connectivity index (χ1) is 13.1. The van der Waals surface area contributed by atoms with Gasteiger partial charge in [-0.15, -0.1) is 0 Å². The maximum atomic E-state index is 12.9. The van der Waals surface area contributed by atoms with Crippen molar-refractivity contribution >= 4 is 22.9 Å². The van der Waals surface area contributed by atoms with Gasteiger partial charge in [0, 0.05) is 12.2 Å². The monoisotopic (exact) mass is 390 g/mol. The van der Waals surface area contributed by atoms with Gasteiger partial charge in [0.25, 0.3) is 11.5 Å². The second-order valence-corrected chi connectivity index (χ2v) is 7.39. The number of nitrogens with one attached hydrogen (secondary N) is 2. The summed E-state index contributed by atoms with van der Waals surface area (Å²) in [5, 5.41) is 11.8. The molecule has 2 aromatic heterocycles. The maximum absolute atomic E-state index is 12.9. The molecule has 0 aliphatic rings. The number of aryl methyl sites for hydroxylation is 1. The van der Waals surface area contributed by atoms with Crippen LogP contribution >= 0.6 is 0 Å². The summed E-state index contributed by atoms with van der Waals surface area (Å²) in [5.41, 5.74) is -0.652. The summed E-state index contributed by atoms with van der Waals surface area (Å²) < 4.78 is 1.33. The molecule has 0 aliphatic heterocycles. The van der Waals surface area contributed by atoms with Crippen LogP contribution in [0.2, 0.25) is 0 Å². The minimum Gasteiger partial charge on any atom is -0.480 e. The van der Waals surface area contributed by atoms with Crippen molar-refractivity contribution in [2.24, 2.45) is 5.92 Å². The molecule has 0 spiro atoms. The Hall–Kier alpha value is -2.97. The van der Waals surface area contributed by atoms with E-state index in [9.17, 15) is 24.3 Å². The molecule has 0 aromatic carbocycles. The number of carboxylic acid groups (broad SMARTS) is 1. The molecule has 3 N–H and O–H groups in total. The van der Waals surface area contributed by atoms with E-state index in [1.165, 1.54) is 10.6 Å². The van der Waals surface area contributed by atoms with Crippen molar-refractivity contribution in [1.29, 1.82) is 0 Å². The first kappa shape index (κ1) is 21.3. The van der Waals surface area contributed by atoms with E-state index < -0.39 is 29.2 Å². The molecule has 1 unspecified atom stereocenters. The molecule has 0 fully saturated rings. The normalized spacial score (nSPS) is 12.5. The lowest BCUT2D eigenvalue weighted by Crippen LogP contribution is -2.44. The van der Waals surface area contributed by atoms with Gasteiger partial charge in [-0.2, -0.15) is 0 Å². The van der Waals surface area contributed by atoms with Crippen LogP contribution in [0.1, 0.15) is 63.0 Å². The van der Waals surface area contributed by atoms with E-state index in [0.29, 0.717) is 18.7 Å². The molecule has 2 heterocycles. The number of carbonyl (C=O) groups excluding carboxylic acids is 1. The van der Waals surface area contributed by atoms with Crippen LogP contribution in [-0.2, 0) is 11.3 Å². The molecule has 0 bridgehead atoms. The number of pyridine rings is 1. The van der Waals surface area contributed by atoms with Crippen molar-refractivity contribution < 1.29 is 14.7 Å². The Morgan fingerprint density at radius 1 is 1.25 bits per heavy atom. The number of aliphatic carboxylic acids is 1. The van der Waals surface area contributed by atoms with Gasteiger partial charge in [0.05, 0.1) is 10.9 Å². The third kappa shape index (κ3) is 4.13. The Morgan fingerprint density at radius 3 is 2.39 bits per heavy atom. The highest BCUT2D eigenvalue weighted by Crippen LogP contribution is 2.20. The summed E-state index contributed by atoms with van der Waals surface area (Å²) in [4.78, 5) is 55.8. The Balaban J connectivity index is 2.79. The van der Waals surface area contributed by atoms with Crippen molar-refractivity contribution in [3.63, 3.8) is 0 Å². The zero-order valence-corrected chi connectivity index (χ0v) is 16.7. The average molecular weight is 390 g/mol. The van der Waals surface area contributed by atoms with Gasteiger partial charge in [-0.05, 0) is 24.3 Å². The molecule has 1 amide bonds. The van der Waals surface area contributed by atoms with Gasteiger partial charge in [0.2, 0.25) is 0 Å². The highest BCUT2D eigenvalue weighted by molar-refractivity contribution is 6.06. The van der Waals surface area contributed by atoms with Crippen LogP contribution in [0, 0.1) is 5.92 Å². The lowest BCUT2D eigenvalue weighted by molar-refractivity contribution is -0.140. The van der Waals surface area contributed by atoms with Gasteiger partial charge in [-0.25, -0.2) is 14.6 Å². The molecule has 2 aromatic rings. The standard InChI is InChI=1S/C19H26N4O5/c1-6-7-23-15-13(17(25)22-19(23)28)11(8-12(20-15)9(2)3)16(24)21-14(10(4)5)18(26)27/h8-10,14H,6-7H2,1-5H3,(H,21,24)(H,26,27)(H,22,25,28). The largest absolute Gasteiger partial charge is 0.480 e. The van der Waals surface area contributed by atoms with Crippen LogP contribution in [0.5, 0.6) is 0 Å². The Labute approximate surface area is 161 Å². The molecule has 0 saturated carbocycles. The Bertz CT molecular complexity index is 1020. The van der Waals surface area contributed by atoms with Gasteiger partial charge >= 0.3 is 11.7 Å². The van der Waals surface area contributed by atoms with E-state index >= 15 is 0 Å². The SMILES string of the molecule is CCCn1c(=O)[nH]c(=O)c2c(C(=O)NC(C(=O)O)C(C)C)cc(C(C)C)nc21.